The monoisotopic (exact) mass is 371 g/mol. The number of carbonyl (C=O) groups excluding carboxylic acids is 1. The van der Waals surface area contributed by atoms with Gasteiger partial charge in [-0.05, 0) is 27.8 Å². The minimum atomic E-state index is -0.790. The highest BCUT2D eigenvalue weighted by atomic mass is 16.4. The summed E-state index contributed by atoms with van der Waals surface area (Å²) in [4.78, 5) is 21.6. The molecule has 0 radical (unpaired) electrons. The fourth-order valence-corrected chi connectivity index (χ4v) is 3.13. The van der Waals surface area contributed by atoms with Crippen LogP contribution in [0.1, 0.15) is 12.5 Å². The van der Waals surface area contributed by atoms with E-state index in [1.807, 2.05) is 84.9 Å². The van der Waals surface area contributed by atoms with Gasteiger partial charge in [-0.2, -0.15) is 0 Å². The first-order chi connectivity index (χ1) is 13.5. The van der Waals surface area contributed by atoms with E-state index < -0.39 is 5.97 Å². The van der Waals surface area contributed by atoms with Gasteiger partial charge in [0.2, 0.25) is 5.91 Å². The van der Waals surface area contributed by atoms with E-state index in [0.717, 1.165) is 32.8 Å². The standard InChI is InChI=1S/C12H11NO.C12H10O2/c1-9(14)13-12-8-4-6-10-5-2-3-7-11(10)12;13-12(14)8-10-6-3-5-9-4-1-2-7-11(9)10/h2-8H,1H3,(H,13,14);1-7H,8H2,(H,13,14). The highest BCUT2D eigenvalue weighted by molar-refractivity contribution is 6.01. The summed E-state index contributed by atoms with van der Waals surface area (Å²) in [5, 5.41) is 15.9. The Bertz CT molecular complexity index is 1030. The Hall–Kier alpha value is -3.66. The summed E-state index contributed by atoms with van der Waals surface area (Å²) < 4.78 is 0. The van der Waals surface area contributed by atoms with Crippen molar-refractivity contribution in [1.29, 1.82) is 0 Å². The largest absolute Gasteiger partial charge is 0.481 e. The number of carbonyl (C=O) groups is 2. The molecule has 0 aromatic heterocycles. The van der Waals surface area contributed by atoms with Crippen molar-refractivity contribution in [2.45, 2.75) is 13.3 Å². The molecule has 0 saturated heterocycles. The van der Waals surface area contributed by atoms with Crippen LogP contribution in [0.2, 0.25) is 0 Å². The first-order valence-electron chi connectivity index (χ1n) is 8.98. The maximum atomic E-state index is 10.9. The van der Waals surface area contributed by atoms with Crippen molar-refractivity contribution in [2.24, 2.45) is 0 Å². The summed E-state index contributed by atoms with van der Waals surface area (Å²) in [7, 11) is 0. The average Bonchev–Trinajstić information content (AvgIpc) is 2.68. The molecule has 4 nitrogen and oxygen atoms in total. The topological polar surface area (TPSA) is 66.4 Å². The Morgan fingerprint density at radius 3 is 1.93 bits per heavy atom. The molecule has 0 atom stereocenters. The molecular weight excluding hydrogens is 350 g/mol. The van der Waals surface area contributed by atoms with E-state index in [4.69, 9.17) is 5.11 Å². The summed E-state index contributed by atoms with van der Waals surface area (Å²) in [6.07, 6.45) is 0.0847. The quantitative estimate of drug-likeness (QED) is 0.516. The molecule has 4 rings (SSSR count). The minimum Gasteiger partial charge on any atom is -0.481 e. The molecular formula is C24H21NO3. The molecule has 0 unspecified atom stereocenters. The maximum absolute atomic E-state index is 10.9. The number of fused-ring (bicyclic) bond motifs is 2. The zero-order valence-corrected chi connectivity index (χ0v) is 15.6. The van der Waals surface area contributed by atoms with E-state index >= 15 is 0 Å². The number of carboxylic acid groups (broad SMARTS) is 1. The molecule has 140 valence electrons. The van der Waals surface area contributed by atoms with E-state index in [0.29, 0.717) is 0 Å². The Kier molecular flexibility index (Phi) is 6.02. The number of nitrogens with one attached hydrogen (secondary N) is 1. The first kappa shape index (κ1) is 19.1. The lowest BCUT2D eigenvalue weighted by atomic mass is 10.0. The van der Waals surface area contributed by atoms with Crippen molar-refractivity contribution in [1.82, 2.24) is 0 Å². The number of amides is 1. The third kappa shape index (κ3) is 4.74. The van der Waals surface area contributed by atoms with Crippen LogP contribution in [0.4, 0.5) is 5.69 Å². The molecule has 2 N–H and O–H groups in total. The normalized spacial score (nSPS) is 10.2. The smallest absolute Gasteiger partial charge is 0.307 e. The number of hydrogen-bond acceptors (Lipinski definition) is 2. The van der Waals surface area contributed by atoms with Crippen LogP contribution in [-0.4, -0.2) is 17.0 Å². The van der Waals surface area contributed by atoms with Crippen molar-refractivity contribution >= 4 is 39.1 Å². The highest BCUT2D eigenvalue weighted by Gasteiger charge is 2.04. The SMILES string of the molecule is CC(=O)Nc1cccc2ccccc12.O=C(O)Cc1cccc2ccccc12. The van der Waals surface area contributed by atoms with E-state index in [-0.39, 0.29) is 12.3 Å². The number of rotatable bonds is 3. The van der Waals surface area contributed by atoms with Crippen LogP contribution < -0.4 is 5.32 Å². The van der Waals surface area contributed by atoms with Crippen molar-refractivity contribution < 1.29 is 14.7 Å². The molecule has 0 saturated carbocycles. The highest BCUT2D eigenvalue weighted by Crippen LogP contribution is 2.22. The molecule has 4 aromatic carbocycles. The van der Waals surface area contributed by atoms with Crippen molar-refractivity contribution in [3.05, 3.63) is 90.5 Å². The van der Waals surface area contributed by atoms with Gasteiger partial charge in [0.25, 0.3) is 0 Å². The van der Waals surface area contributed by atoms with Gasteiger partial charge in [0.1, 0.15) is 0 Å². The van der Waals surface area contributed by atoms with Crippen LogP contribution in [-0.2, 0) is 16.0 Å². The third-order valence-electron chi connectivity index (χ3n) is 4.32. The molecule has 0 aliphatic rings. The van der Waals surface area contributed by atoms with Crippen molar-refractivity contribution in [3.8, 4) is 0 Å². The van der Waals surface area contributed by atoms with Gasteiger partial charge in [-0.3, -0.25) is 9.59 Å². The lowest BCUT2D eigenvalue weighted by Crippen LogP contribution is -2.05. The lowest BCUT2D eigenvalue weighted by Gasteiger charge is -2.05. The maximum Gasteiger partial charge on any atom is 0.307 e. The fourth-order valence-electron chi connectivity index (χ4n) is 3.13. The number of carboxylic acids is 1. The molecule has 0 aliphatic carbocycles. The summed E-state index contributed by atoms with van der Waals surface area (Å²) in [5.74, 6) is -0.831. The average molecular weight is 371 g/mol. The van der Waals surface area contributed by atoms with Gasteiger partial charge in [-0.1, -0.05) is 78.9 Å². The zero-order valence-electron chi connectivity index (χ0n) is 15.6. The Morgan fingerprint density at radius 1 is 0.750 bits per heavy atom. The second-order valence-corrected chi connectivity index (χ2v) is 6.42. The second-order valence-electron chi connectivity index (χ2n) is 6.42. The van der Waals surface area contributed by atoms with Gasteiger partial charge >= 0.3 is 5.97 Å². The van der Waals surface area contributed by atoms with Crippen LogP contribution in [0.5, 0.6) is 0 Å². The van der Waals surface area contributed by atoms with Gasteiger partial charge in [0.05, 0.1) is 6.42 Å². The van der Waals surface area contributed by atoms with Crippen LogP contribution in [0.25, 0.3) is 21.5 Å². The number of aliphatic carboxylic acids is 1. The van der Waals surface area contributed by atoms with Gasteiger partial charge < -0.3 is 10.4 Å². The minimum absolute atomic E-state index is 0.0404. The van der Waals surface area contributed by atoms with Gasteiger partial charge in [-0.25, -0.2) is 0 Å². The molecule has 4 aromatic rings. The van der Waals surface area contributed by atoms with Crippen molar-refractivity contribution in [2.75, 3.05) is 5.32 Å². The third-order valence-corrected chi connectivity index (χ3v) is 4.32. The first-order valence-corrected chi connectivity index (χ1v) is 8.98. The number of benzene rings is 4. The van der Waals surface area contributed by atoms with E-state index in [9.17, 15) is 9.59 Å². The Labute approximate surface area is 163 Å². The van der Waals surface area contributed by atoms with Gasteiger partial charge in [0.15, 0.2) is 0 Å². The Balaban J connectivity index is 0.000000161. The molecule has 0 spiro atoms. The molecule has 0 fully saturated rings. The molecule has 0 bridgehead atoms. The summed E-state index contributed by atoms with van der Waals surface area (Å²) in [6, 6.07) is 27.4. The van der Waals surface area contributed by atoms with E-state index in [1.54, 1.807) is 0 Å². The predicted molar refractivity (Wildman–Crippen MR) is 114 cm³/mol. The van der Waals surface area contributed by atoms with Crippen molar-refractivity contribution in [3.63, 3.8) is 0 Å². The van der Waals surface area contributed by atoms with Crippen LogP contribution >= 0.6 is 0 Å². The lowest BCUT2D eigenvalue weighted by molar-refractivity contribution is -0.136. The number of anilines is 1. The summed E-state index contributed by atoms with van der Waals surface area (Å²) >= 11 is 0. The van der Waals surface area contributed by atoms with Gasteiger partial charge in [-0.15, -0.1) is 0 Å². The van der Waals surface area contributed by atoms with E-state index in [2.05, 4.69) is 5.32 Å². The second kappa shape index (κ2) is 8.82. The van der Waals surface area contributed by atoms with E-state index in [1.165, 1.54) is 6.92 Å². The molecule has 0 aliphatic heterocycles. The molecule has 1 amide bonds. The molecule has 4 heteroatoms. The van der Waals surface area contributed by atoms with Crippen LogP contribution in [0, 0.1) is 0 Å². The zero-order chi connectivity index (χ0) is 19.9. The molecule has 0 heterocycles. The van der Waals surface area contributed by atoms with Crippen LogP contribution in [0.3, 0.4) is 0 Å². The van der Waals surface area contributed by atoms with Gasteiger partial charge in [0, 0.05) is 18.0 Å². The summed E-state index contributed by atoms with van der Waals surface area (Å²) in [5.41, 5.74) is 1.74. The fraction of sp³-hybridized carbons (Fsp3) is 0.0833. The number of hydrogen-bond donors (Lipinski definition) is 2. The molecule has 28 heavy (non-hydrogen) atoms. The summed E-state index contributed by atoms with van der Waals surface area (Å²) in [6.45, 7) is 1.52. The predicted octanol–water partition coefficient (Wildman–Crippen LogP) is 5.27. The van der Waals surface area contributed by atoms with Crippen LogP contribution in [0.15, 0.2) is 84.9 Å². The Morgan fingerprint density at radius 2 is 1.29 bits per heavy atom.